The van der Waals surface area contributed by atoms with E-state index in [0.29, 0.717) is 25.9 Å². The van der Waals surface area contributed by atoms with Gasteiger partial charge in [0.1, 0.15) is 23.3 Å². The molecule has 2 N–H and O–H groups in total. The van der Waals surface area contributed by atoms with E-state index in [2.05, 4.69) is 25.5 Å². The molecule has 150 valence electrons. The van der Waals surface area contributed by atoms with E-state index in [1.54, 1.807) is 12.1 Å². The molecule has 0 saturated carbocycles. The van der Waals surface area contributed by atoms with Gasteiger partial charge in [0.2, 0.25) is 5.91 Å². The van der Waals surface area contributed by atoms with Crippen LogP contribution >= 0.6 is 11.6 Å². The maximum Gasteiger partial charge on any atom is 0.220 e. The number of carbonyl (C=O) groups excluding carboxylic acids is 1. The summed E-state index contributed by atoms with van der Waals surface area (Å²) in [4.78, 5) is 23.2. The summed E-state index contributed by atoms with van der Waals surface area (Å²) in [5.74, 6) is 1.95. The second kappa shape index (κ2) is 9.68. The lowest BCUT2D eigenvalue weighted by Gasteiger charge is -2.17. The molecule has 0 unspecified atom stereocenters. The van der Waals surface area contributed by atoms with Crippen molar-refractivity contribution in [2.24, 2.45) is 0 Å². The predicted molar refractivity (Wildman–Crippen MR) is 109 cm³/mol. The van der Waals surface area contributed by atoms with Crippen molar-refractivity contribution in [2.75, 3.05) is 36.4 Å². The average molecular weight is 406 g/mol. The van der Waals surface area contributed by atoms with Crippen LogP contribution < -0.4 is 15.5 Å². The summed E-state index contributed by atoms with van der Waals surface area (Å²) in [6.07, 6.45) is 3.24. The van der Waals surface area contributed by atoms with Gasteiger partial charge in [0.05, 0.1) is 5.02 Å². The molecule has 1 aliphatic rings. The minimum atomic E-state index is -0.450. The quantitative estimate of drug-likeness (QED) is 0.659. The Balaban J connectivity index is 1.40. The number of carbonyl (C=O) groups is 1. The van der Waals surface area contributed by atoms with E-state index in [4.69, 9.17) is 11.6 Å². The third-order valence-corrected chi connectivity index (χ3v) is 4.92. The molecule has 1 saturated heterocycles. The van der Waals surface area contributed by atoms with Gasteiger partial charge in [-0.05, 0) is 43.9 Å². The first-order valence-corrected chi connectivity index (χ1v) is 9.94. The van der Waals surface area contributed by atoms with Gasteiger partial charge in [-0.1, -0.05) is 17.7 Å². The third kappa shape index (κ3) is 5.79. The van der Waals surface area contributed by atoms with Gasteiger partial charge < -0.3 is 15.5 Å². The van der Waals surface area contributed by atoms with Crippen molar-refractivity contribution in [2.45, 2.75) is 32.6 Å². The number of halogens is 2. The number of aromatic nitrogens is 2. The number of rotatable bonds is 8. The predicted octanol–water partition coefficient (Wildman–Crippen LogP) is 3.34. The summed E-state index contributed by atoms with van der Waals surface area (Å²) in [5, 5.41) is 6.19. The van der Waals surface area contributed by atoms with Crippen LogP contribution in [-0.4, -0.2) is 42.1 Å². The van der Waals surface area contributed by atoms with Gasteiger partial charge in [-0.25, -0.2) is 14.4 Å². The van der Waals surface area contributed by atoms with Gasteiger partial charge in [0, 0.05) is 38.7 Å². The SMILES string of the molecule is Cc1nc(NCCNC(=O)CCc2ccc(F)c(Cl)c2)cc(N2CCCC2)n1. The van der Waals surface area contributed by atoms with Gasteiger partial charge in [0.25, 0.3) is 0 Å². The molecule has 1 aromatic carbocycles. The molecule has 0 atom stereocenters. The van der Waals surface area contributed by atoms with E-state index < -0.39 is 5.82 Å². The summed E-state index contributed by atoms with van der Waals surface area (Å²) in [6.45, 7) is 5.01. The van der Waals surface area contributed by atoms with Crippen molar-refractivity contribution in [3.63, 3.8) is 0 Å². The number of nitrogens with one attached hydrogen (secondary N) is 2. The first-order valence-electron chi connectivity index (χ1n) is 9.56. The lowest BCUT2D eigenvalue weighted by Crippen LogP contribution is -2.29. The summed E-state index contributed by atoms with van der Waals surface area (Å²) < 4.78 is 13.2. The van der Waals surface area contributed by atoms with E-state index in [9.17, 15) is 9.18 Å². The van der Waals surface area contributed by atoms with Crippen LogP contribution in [-0.2, 0) is 11.2 Å². The highest BCUT2D eigenvalue weighted by Crippen LogP contribution is 2.20. The number of hydrogen-bond donors (Lipinski definition) is 2. The second-order valence-corrected chi connectivity index (χ2v) is 7.29. The van der Waals surface area contributed by atoms with E-state index in [-0.39, 0.29) is 10.9 Å². The highest BCUT2D eigenvalue weighted by Gasteiger charge is 2.15. The maximum absolute atomic E-state index is 13.2. The zero-order valence-corrected chi connectivity index (χ0v) is 16.7. The zero-order valence-electron chi connectivity index (χ0n) is 16.0. The standard InChI is InChI=1S/C20H25ClFN5O/c1-14-25-18(13-19(26-14)27-10-2-3-11-27)23-8-9-24-20(28)7-5-15-4-6-17(22)16(21)12-15/h4,6,12-13H,2-3,5,7-11H2,1H3,(H,24,28)(H,23,25,26). The van der Waals surface area contributed by atoms with Crippen molar-refractivity contribution in [3.8, 4) is 0 Å². The number of hydrogen-bond acceptors (Lipinski definition) is 5. The van der Waals surface area contributed by atoms with Gasteiger partial charge >= 0.3 is 0 Å². The maximum atomic E-state index is 13.2. The molecule has 8 heteroatoms. The zero-order chi connectivity index (χ0) is 19.9. The van der Waals surface area contributed by atoms with Crippen LogP contribution in [0.2, 0.25) is 5.02 Å². The molecular weight excluding hydrogens is 381 g/mol. The average Bonchev–Trinajstić information content (AvgIpc) is 3.21. The monoisotopic (exact) mass is 405 g/mol. The Morgan fingerprint density at radius 1 is 1.21 bits per heavy atom. The van der Waals surface area contributed by atoms with Crippen molar-refractivity contribution in [1.29, 1.82) is 0 Å². The lowest BCUT2D eigenvalue weighted by molar-refractivity contribution is -0.120. The van der Waals surface area contributed by atoms with Gasteiger partial charge in [-0.2, -0.15) is 0 Å². The number of anilines is 2. The Labute approximate surface area is 169 Å². The van der Waals surface area contributed by atoms with Crippen LogP contribution in [0.15, 0.2) is 24.3 Å². The molecule has 2 heterocycles. The Bertz CT molecular complexity index is 826. The topological polar surface area (TPSA) is 70.2 Å². The van der Waals surface area contributed by atoms with Crippen molar-refractivity contribution >= 4 is 29.1 Å². The number of amides is 1. The van der Waals surface area contributed by atoms with E-state index in [1.807, 2.05) is 13.0 Å². The Hall–Kier alpha value is -2.41. The summed E-state index contributed by atoms with van der Waals surface area (Å²) in [6, 6.07) is 6.48. The molecule has 1 aliphatic heterocycles. The van der Waals surface area contributed by atoms with Crippen molar-refractivity contribution in [1.82, 2.24) is 15.3 Å². The molecule has 0 radical (unpaired) electrons. The van der Waals surface area contributed by atoms with Crippen molar-refractivity contribution in [3.05, 3.63) is 46.5 Å². The lowest BCUT2D eigenvalue weighted by atomic mass is 10.1. The summed E-state index contributed by atoms with van der Waals surface area (Å²) in [5.41, 5.74) is 0.838. The van der Waals surface area contributed by atoms with E-state index in [0.717, 1.165) is 36.1 Å². The fourth-order valence-electron chi connectivity index (χ4n) is 3.18. The van der Waals surface area contributed by atoms with Gasteiger partial charge in [-0.15, -0.1) is 0 Å². The second-order valence-electron chi connectivity index (χ2n) is 6.88. The number of aryl methyl sites for hydroxylation is 2. The Kier molecular flexibility index (Phi) is 7.03. The molecule has 1 amide bonds. The molecule has 0 spiro atoms. The highest BCUT2D eigenvalue weighted by atomic mass is 35.5. The van der Waals surface area contributed by atoms with Gasteiger partial charge in [0.15, 0.2) is 0 Å². The van der Waals surface area contributed by atoms with Crippen LogP contribution in [0.4, 0.5) is 16.0 Å². The third-order valence-electron chi connectivity index (χ3n) is 4.63. The largest absolute Gasteiger partial charge is 0.368 e. The fraction of sp³-hybridized carbons (Fsp3) is 0.450. The van der Waals surface area contributed by atoms with Crippen LogP contribution in [0.5, 0.6) is 0 Å². The fourth-order valence-corrected chi connectivity index (χ4v) is 3.39. The molecule has 0 aliphatic carbocycles. The molecular formula is C20H25ClFN5O. The normalized spacial score (nSPS) is 13.6. The molecule has 28 heavy (non-hydrogen) atoms. The molecule has 3 rings (SSSR count). The highest BCUT2D eigenvalue weighted by molar-refractivity contribution is 6.30. The van der Waals surface area contributed by atoms with E-state index in [1.165, 1.54) is 18.9 Å². The Morgan fingerprint density at radius 3 is 2.75 bits per heavy atom. The molecule has 2 aromatic rings. The summed E-state index contributed by atoms with van der Waals surface area (Å²) in [7, 11) is 0. The first-order chi connectivity index (χ1) is 13.5. The molecule has 1 aromatic heterocycles. The van der Waals surface area contributed by atoms with Crippen molar-refractivity contribution < 1.29 is 9.18 Å². The summed E-state index contributed by atoms with van der Waals surface area (Å²) >= 11 is 5.76. The van der Waals surface area contributed by atoms with Crippen LogP contribution in [0.25, 0.3) is 0 Å². The molecule has 6 nitrogen and oxygen atoms in total. The molecule has 1 fully saturated rings. The number of nitrogens with zero attached hydrogens (tertiary/aromatic N) is 3. The van der Waals surface area contributed by atoms with Crippen LogP contribution in [0.1, 0.15) is 30.7 Å². The molecule has 0 bridgehead atoms. The Morgan fingerprint density at radius 2 is 2.00 bits per heavy atom. The van der Waals surface area contributed by atoms with Crippen LogP contribution in [0.3, 0.4) is 0 Å². The minimum Gasteiger partial charge on any atom is -0.368 e. The van der Waals surface area contributed by atoms with Crippen LogP contribution in [0, 0.1) is 12.7 Å². The number of benzene rings is 1. The minimum absolute atomic E-state index is 0.0566. The smallest absolute Gasteiger partial charge is 0.220 e. The van der Waals surface area contributed by atoms with E-state index >= 15 is 0 Å². The first kappa shape index (κ1) is 20.3. The van der Waals surface area contributed by atoms with Gasteiger partial charge in [-0.3, -0.25) is 4.79 Å².